The first-order chi connectivity index (χ1) is 9.68. The van der Waals surface area contributed by atoms with Crippen molar-refractivity contribution >= 4 is 21.8 Å². The number of carbonyl (C=O) groups excluding carboxylic acids is 1. The van der Waals surface area contributed by atoms with E-state index in [1.165, 1.54) is 4.90 Å². The maximum Gasteiger partial charge on any atom is 0.320 e. The average Bonchev–Trinajstić information content (AvgIpc) is 2.36. The molecule has 0 bridgehead atoms. The minimum absolute atomic E-state index is 0.0338. The van der Waals surface area contributed by atoms with E-state index in [1.54, 1.807) is 11.9 Å². The highest BCUT2D eigenvalue weighted by atomic mass is 32.2. The molecule has 2 unspecified atom stereocenters. The minimum atomic E-state index is -3.28. The van der Waals surface area contributed by atoms with Crippen LogP contribution in [0, 0.1) is 0 Å². The summed E-state index contributed by atoms with van der Waals surface area (Å²) in [5, 5.41) is 8.92. The van der Waals surface area contributed by atoms with Crippen LogP contribution in [0.25, 0.3) is 0 Å². The third kappa shape index (κ3) is 4.87. The number of nitrogens with zero attached hydrogens (tertiary/aromatic N) is 2. The third-order valence-electron chi connectivity index (χ3n) is 3.86. The maximum absolute atomic E-state index is 12.5. The zero-order chi connectivity index (χ0) is 16.2. The van der Waals surface area contributed by atoms with Crippen LogP contribution in [0.1, 0.15) is 33.1 Å². The largest absolute Gasteiger partial charge is 0.481 e. The normalized spacial score (nSPS) is 22.6. The molecule has 0 aromatic rings. The molecule has 1 N–H and O–H groups in total. The molecule has 0 spiro atoms. The Kier molecular flexibility index (Phi) is 6.00. The molecule has 1 aliphatic heterocycles. The molecule has 0 saturated carbocycles. The molecule has 0 aliphatic carbocycles. The highest BCUT2D eigenvalue weighted by Crippen LogP contribution is 2.18. The molecule has 2 atom stereocenters. The summed E-state index contributed by atoms with van der Waals surface area (Å²) in [6, 6.07) is -1.05. The van der Waals surface area contributed by atoms with Gasteiger partial charge in [0.15, 0.2) is 9.84 Å². The number of sulfone groups is 1. The van der Waals surface area contributed by atoms with Crippen LogP contribution in [0.5, 0.6) is 0 Å². The molecule has 2 amide bonds. The quantitative estimate of drug-likeness (QED) is 0.808. The zero-order valence-electron chi connectivity index (χ0n) is 12.8. The van der Waals surface area contributed by atoms with Crippen LogP contribution >= 0.6 is 0 Å². The highest BCUT2D eigenvalue weighted by molar-refractivity contribution is 7.91. The monoisotopic (exact) mass is 320 g/mol. The molecule has 8 heteroatoms. The molecule has 0 radical (unpaired) electrons. The smallest absolute Gasteiger partial charge is 0.320 e. The summed E-state index contributed by atoms with van der Waals surface area (Å²) >= 11 is 0. The molecule has 0 aromatic heterocycles. The lowest BCUT2D eigenvalue weighted by Crippen LogP contribution is -2.56. The van der Waals surface area contributed by atoms with Gasteiger partial charge < -0.3 is 14.9 Å². The number of aliphatic carboxylic acids is 1. The van der Waals surface area contributed by atoms with Gasteiger partial charge in [-0.05, 0) is 13.3 Å². The van der Waals surface area contributed by atoms with Crippen LogP contribution in [0.15, 0.2) is 0 Å². The lowest BCUT2D eigenvalue weighted by Gasteiger charge is -2.38. The van der Waals surface area contributed by atoms with Crippen molar-refractivity contribution in [3.8, 4) is 0 Å². The fraction of sp³-hybridized carbons (Fsp3) is 0.846. The fourth-order valence-electron chi connectivity index (χ4n) is 2.51. The zero-order valence-corrected chi connectivity index (χ0v) is 13.6. The van der Waals surface area contributed by atoms with Crippen LogP contribution in [0.2, 0.25) is 0 Å². The van der Waals surface area contributed by atoms with Gasteiger partial charge in [-0.3, -0.25) is 4.79 Å². The second-order valence-corrected chi connectivity index (χ2v) is 7.82. The molecule has 1 aliphatic rings. The summed E-state index contributed by atoms with van der Waals surface area (Å²) in [5.74, 6) is -1.48. The van der Waals surface area contributed by atoms with Crippen molar-refractivity contribution in [1.29, 1.82) is 0 Å². The van der Waals surface area contributed by atoms with Gasteiger partial charge in [-0.15, -0.1) is 0 Å². The SMILES string of the molecule is CCCC(C)N(C)C(=O)N1CCS(=O)(=O)CC1CC(=O)O. The Labute approximate surface area is 125 Å². The van der Waals surface area contributed by atoms with Crippen molar-refractivity contribution in [3.05, 3.63) is 0 Å². The van der Waals surface area contributed by atoms with E-state index < -0.39 is 21.8 Å². The molecule has 0 aromatic carbocycles. The van der Waals surface area contributed by atoms with Crippen LogP contribution in [-0.2, 0) is 14.6 Å². The highest BCUT2D eigenvalue weighted by Gasteiger charge is 2.37. The first kappa shape index (κ1) is 17.7. The Morgan fingerprint density at radius 3 is 2.57 bits per heavy atom. The van der Waals surface area contributed by atoms with Gasteiger partial charge in [-0.1, -0.05) is 13.3 Å². The summed E-state index contributed by atoms with van der Waals surface area (Å²) in [6.07, 6.45) is 1.44. The van der Waals surface area contributed by atoms with E-state index in [0.717, 1.165) is 12.8 Å². The Morgan fingerprint density at radius 2 is 2.05 bits per heavy atom. The molecule has 7 nitrogen and oxygen atoms in total. The predicted octanol–water partition coefficient (Wildman–Crippen LogP) is 0.801. The predicted molar refractivity (Wildman–Crippen MR) is 78.9 cm³/mol. The number of hydrogen-bond donors (Lipinski definition) is 1. The van der Waals surface area contributed by atoms with Crippen molar-refractivity contribution in [2.75, 3.05) is 25.1 Å². The summed E-state index contributed by atoms with van der Waals surface area (Å²) in [5.41, 5.74) is 0. The van der Waals surface area contributed by atoms with Crippen LogP contribution in [0.3, 0.4) is 0 Å². The van der Waals surface area contributed by atoms with Gasteiger partial charge in [0.2, 0.25) is 0 Å². The Hall–Kier alpha value is -1.31. The number of carboxylic acid groups (broad SMARTS) is 1. The standard InChI is InChI=1S/C13H24N2O5S/c1-4-5-10(2)14(3)13(18)15-6-7-21(19,20)9-11(15)8-12(16)17/h10-11H,4-9H2,1-3H3,(H,16,17). The van der Waals surface area contributed by atoms with Gasteiger partial charge >= 0.3 is 12.0 Å². The summed E-state index contributed by atoms with van der Waals surface area (Å²) in [6.45, 7) is 4.01. The van der Waals surface area contributed by atoms with E-state index in [1.807, 2.05) is 13.8 Å². The molecule has 1 fully saturated rings. The van der Waals surface area contributed by atoms with E-state index in [0.29, 0.717) is 0 Å². The van der Waals surface area contributed by atoms with E-state index in [9.17, 15) is 18.0 Å². The van der Waals surface area contributed by atoms with E-state index >= 15 is 0 Å². The van der Waals surface area contributed by atoms with Crippen LogP contribution in [-0.4, -0.2) is 72.5 Å². The first-order valence-electron chi connectivity index (χ1n) is 7.13. The molecule has 21 heavy (non-hydrogen) atoms. The fourth-order valence-corrected chi connectivity index (χ4v) is 4.04. The Morgan fingerprint density at radius 1 is 1.43 bits per heavy atom. The number of amides is 2. The van der Waals surface area contributed by atoms with Gasteiger partial charge in [0.05, 0.1) is 24.0 Å². The first-order valence-corrected chi connectivity index (χ1v) is 8.95. The van der Waals surface area contributed by atoms with Gasteiger partial charge in [-0.2, -0.15) is 0 Å². The number of carbonyl (C=O) groups is 2. The molecule has 122 valence electrons. The molecular weight excluding hydrogens is 296 g/mol. The van der Waals surface area contributed by atoms with Gasteiger partial charge in [0.1, 0.15) is 0 Å². The van der Waals surface area contributed by atoms with Gasteiger partial charge in [0, 0.05) is 19.6 Å². The molecule has 1 saturated heterocycles. The average molecular weight is 320 g/mol. The molecule has 1 rings (SSSR count). The van der Waals surface area contributed by atoms with Crippen molar-refractivity contribution in [2.45, 2.75) is 45.2 Å². The number of rotatable bonds is 5. The lowest BCUT2D eigenvalue weighted by atomic mass is 10.1. The van der Waals surface area contributed by atoms with Crippen molar-refractivity contribution in [3.63, 3.8) is 0 Å². The van der Waals surface area contributed by atoms with Gasteiger partial charge in [0.25, 0.3) is 0 Å². The van der Waals surface area contributed by atoms with E-state index in [4.69, 9.17) is 5.11 Å². The Bertz CT molecular complexity index is 491. The maximum atomic E-state index is 12.5. The van der Waals surface area contributed by atoms with E-state index in [2.05, 4.69) is 0 Å². The lowest BCUT2D eigenvalue weighted by molar-refractivity contribution is -0.138. The summed E-state index contributed by atoms with van der Waals surface area (Å²) in [7, 11) is -1.61. The van der Waals surface area contributed by atoms with Crippen molar-refractivity contribution in [2.24, 2.45) is 0 Å². The van der Waals surface area contributed by atoms with E-state index in [-0.39, 0.29) is 36.5 Å². The van der Waals surface area contributed by atoms with Crippen molar-refractivity contribution in [1.82, 2.24) is 9.80 Å². The second-order valence-electron chi connectivity index (χ2n) is 5.59. The summed E-state index contributed by atoms with van der Waals surface area (Å²) < 4.78 is 23.3. The summed E-state index contributed by atoms with van der Waals surface area (Å²) in [4.78, 5) is 26.3. The third-order valence-corrected chi connectivity index (χ3v) is 5.55. The second kappa shape index (κ2) is 7.11. The topological polar surface area (TPSA) is 95.0 Å². The van der Waals surface area contributed by atoms with Crippen LogP contribution in [0.4, 0.5) is 4.79 Å². The number of hydrogen-bond acceptors (Lipinski definition) is 4. The Balaban J connectivity index is 2.86. The van der Waals surface area contributed by atoms with Crippen molar-refractivity contribution < 1.29 is 23.1 Å². The number of urea groups is 1. The number of carboxylic acids is 1. The van der Waals surface area contributed by atoms with Gasteiger partial charge in [-0.25, -0.2) is 13.2 Å². The molecule has 1 heterocycles. The molecular formula is C13H24N2O5S. The minimum Gasteiger partial charge on any atom is -0.481 e. The van der Waals surface area contributed by atoms with Crippen LogP contribution < -0.4 is 0 Å².